The third kappa shape index (κ3) is 15.2. The number of nitrogens with one attached hydrogen (secondary N) is 5. The first kappa shape index (κ1) is 40.2. The molecule has 0 unspecified atom stereocenters. The van der Waals surface area contributed by atoms with Gasteiger partial charge >= 0.3 is 0 Å². The molecule has 274 valence electrons. The highest BCUT2D eigenvalue weighted by Gasteiger charge is 2.28. The van der Waals surface area contributed by atoms with Crippen LogP contribution in [0.2, 0.25) is 0 Å². The number of aliphatic imine (C=N–C) groups is 2. The minimum atomic E-state index is -1.07. The quantitative estimate of drug-likeness (QED) is 0.0338. The Morgan fingerprint density at radius 1 is 0.898 bits per heavy atom. The molecule has 1 aliphatic heterocycles. The average Bonchev–Trinajstić information content (AvgIpc) is 3.73. The highest BCUT2D eigenvalue weighted by Crippen LogP contribution is 2.09. The van der Waals surface area contributed by atoms with E-state index in [-0.39, 0.29) is 55.0 Å². The summed E-state index contributed by atoms with van der Waals surface area (Å²) in [4.78, 5) is 71.8. The second-order valence-corrected chi connectivity index (χ2v) is 12.4. The van der Waals surface area contributed by atoms with Crippen LogP contribution in [0, 0.1) is 5.92 Å². The van der Waals surface area contributed by atoms with Gasteiger partial charge in [-0.3, -0.25) is 34.0 Å². The molecule has 49 heavy (non-hydrogen) atoms. The van der Waals surface area contributed by atoms with Gasteiger partial charge in [-0.05, 0) is 64.3 Å². The van der Waals surface area contributed by atoms with Crippen molar-refractivity contribution < 1.29 is 24.0 Å². The SMILES string of the molecule is CC(C)C[C@H](NC(=O)[C@H](CCCN=C(N)N)NC(=O)c1cn(C[C@H](CCCN=C(N)N)NC(=O)[C@H](C)NC(=O)[C@@H]2CCCN2)nn1)C(N)=O. The minimum Gasteiger partial charge on any atom is -0.370 e. The first-order valence-electron chi connectivity index (χ1n) is 16.4. The van der Waals surface area contributed by atoms with Gasteiger partial charge < -0.3 is 55.3 Å². The summed E-state index contributed by atoms with van der Waals surface area (Å²) < 4.78 is 1.38. The zero-order chi connectivity index (χ0) is 36.5. The molecule has 0 aliphatic carbocycles. The lowest BCUT2D eigenvalue weighted by Crippen LogP contribution is -2.53. The maximum absolute atomic E-state index is 13.2. The zero-order valence-electron chi connectivity index (χ0n) is 28.5. The van der Waals surface area contributed by atoms with Crippen molar-refractivity contribution in [2.45, 2.75) is 102 Å². The van der Waals surface area contributed by atoms with Crippen molar-refractivity contribution in [2.75, 3.05) is 19.6 Å². The van der Waals surface area contributed by atoms with Gasteiger partial charge in [0.1, 0.15) is 18.1 Å². The van der Waals surface area contributed by atoms with Crippen molar-refractivity contribution in [1.29, 1.82) is 0 Å². The maximum atomic E-state index is 13.2. The van der Waals surface area contributed by atoms with E-state index in [1.807, 2.05) is 13.8 Å². The first-order valence-corrected chi connectivity index (χ1v) is 16.4. The van der Waals surface area contributed by atoms with Gasteiger partial charge in [0.2, 0.25) is 23.6 Å². The van der Waals surface area contributed by atoms with Gasteiger partial charge in [-0.2, -0.15) is 0 Å². The molecule has 5 amide bonds. The molecule has 2 heterocycles. The summed E-state index contributed by atoms with van der Waals surface area (Å²) in [7, 11) is 0. The Kier molecular flexibility index (Phi) is 16.7. The Morgan fingerprint density at radius 3 is 2.12 bits per heavy atom. The minimum absolute atomic E-state index is 0.0577. The number of aromatic nitrogens is 3. The molecular formula is C29H53N15O5. The van der Waals surface area contributed by atoms with E-state index in [0.717, 1.165) is 13.0 Å². The summed E-state index contributed by atoms with van der Waals surface area (Å²) in [5.74, 6) is -2.75. The Balaban J connectivity index is 2.13. The molecule has 5 atom stereocenters. The number of primary amides is 1. The summed E-state index contributed by atoms with van der Waals surface area (Å²) in [6.45, 7) is 6.75. The maximum Gasteiger partial charge on any atom is 0.274 e. The first-order chi connectivity index (χ1) is 23.2. The van der Waals surface area contributed by atoms with Crippen molar-refractivity contribution in [1.82, 2.24) is 41.6 Å². The topological polar surface area (TPSA) is 331 Å². The molecular weight excluding hydrogens is 638 g/mol. The van der Waals surface area contributed by atoms with E-state index < -0.39 is 47.8 Å². The van der Waals surface area contributed by atoms with E-state index in [1.54, 1.807) is 6.92 Å². The van der Waals surface area contributed by atoms with Crippen LogP contribution in [0.4, 0.5) is 0 Å². The van der Waals surface area contributed by atoms with Gasteiger partial charge in [-0.1, -0.05) is 19.1 Å². The molecule has 1 aromatic heterocycles. The second kappa shape index (κ2) is 20.4. The normalized spacial score (nSPS) is 16.4. The van der Waals surface area contributed by atoms with E-state index in [0.29, 0.717) is 38.6 Å². The van der Waals surface area contributed by atoms with Gasteiger partial charge in [0.15, 0.2) is 17.6 Å². The standard InChI is InChI=1S/C29H53N15O5/c1-16(2)13-21(23(30)45)41-26(48)20(9-6-12-37-29(33)34)40-27(49)22-15-44(43-42-22)14-18(7-4-11-36-28(31)32)39-24(46)17(3)38-25(47)19-8-5-10-35-19/h15-21,35H,4-14H2,1-3H3,(H2,30,45)(H,38,47)(H,39,46)(H,40,49)(H,41,48)(H4,31,32,36)(H4,33,34,37)/t17-,18-,19-,20-,21-/m0/s1. The fraction of sp³-hybridized carbons (Fsp3) is 0.690. The predicted molar refractivity (Wildman–Crippen MR) is 182 cm³/mol. The highest BCUT2D eigenvalue weighted by molar-refractivity contribution is 5.97. The van der Waals surface area contributed by atoms with E-state index in [4.69, 9.17) is 28.7 Å². The van der Waals surface area contributed by atoms with Crippen LogP contribution < -0.4 is 55.3 Å². The van der Waals surface area contributed by atoms with Gasteiger partial charge in [-0.25, -0.2) is 4.68 Å². The lowest BCUT2D eigenvalue weighted by atomic mass is 10.0. The number of rotatable bonds is 21. The fourth-order valence-electron chi connectivity index (χ4n) is 5.08. The summed E-state index contributed by atoms with van der Waals surface area (Å²) in [6, 6.07) is -3.64. The largest absolute Gasteiger partial charge is 0.370 e. The number of nitrogens with two attached hydrogens (primary N) is 5. The predicted octanol–water partition coefficient (Wildman–Crippen LogP) is -3.76. The molecule has 20 nitrogen and oxygen atoms in total. The Hall–Kier alpha value is -5.01. The van der Waals surface area contributed by atoms with E-state index in [2.05, 4.69) is 46.9 Å². The van der Waals surface area contributed by atoms with Crippen LogP contribution in [0.3, 0.4) is 0 Å². The number of amides is 5. The van der Waals surface area contributed by atoms with Gasteiger partial charge in [0.05, 0.1) is 18.8 Å². The molecule has 1 saturated heterocycles. The van der Waals surface area contributed by atoms with Gasteiger partial charge in [-0.15, -0.1) is 5.10 Å². The molecule has 20 heteroatoms. The van der Waals surface area contributed by atoms with Crippen LogP contribution in [0.25, 0.3) is 0 Å². The lowest BCUT2D eigenvalue weighted by molar-refractivity contribution is -0.129. The summed E-state index contributed by atoms with van der Waals surface area (Å²) in [6.07, 6.45) is 4.71. The van der Waals surface area contributed by atoms with Gasteiger partial charge in [0, 0.05) is 19.1 Å². The van der Waals surface area contributed by atoms with Crippen molar-refractivity contribution in [3.8, 4) is 0 Å². The molecule has 0 radical (unpaired) electrons. The summed E-state index contributed by atoms with van der Waals surface area (Å²) in [5.41, 5.74) is 27.0. The number of carbonyl (C=O) groups excluding carboxylic acids is 5. The lowest BCUT2D eigenvalue weighted by Gasteiger charge is -2.22. The Labute approximate surface area is 285 Å². The molecule has 0 bridgehead atoms. The van der Waals surface area contributed by atoms with Crippen LogP contribution in [0.5, 0.6) is 0 Å². The van der Waals surface area contributed by atoms with Gasteiger partial charge in [0.25, 0.3) is 5.91 Å². The smallest absolute Gasteiger partial charge is 0.274 e. The zero-order valence-corrected chi connectivity index (χ0v) is 28.5. The number of hydrogen-bond donors (Lipinski definition) is 10. The van der Waals surface area contributed by atoms with Crippen molar-refractivity contribution in [3.05, 3.63) is 11.9 Å². The molecule has 1 aliphatic rings. The Morgan fingerprint density at radius 2 is 1.55 bits per heavy atom. The van der Waals surface area contributed by atoms with E-state index >= 15 is 0 Å². The van der Waals surface area contributed by atoms with Crippen LogP contribution in [-0.4, -0.2) is 106 Å². The molecule has 1 aromatic rings. The number of guanidine groups is 2. The van der Waals surface area contributed by atoms with Crippen molar-refractivity contribution in [2.24, 2.45) is 44.6 Å². The fourth-order valence-corrected chi connectivity index (χ4v) is 5.08. The molecule has 0 spiro atoms. The molecule has 15 N–H and O–H groups in total. The van der Waals surface area contributed by atoms with Crippen molar-refractivity contribution >= 4 is 41.5 Å². The molecule has 0 aromatic carbocycles. The third-order valence-electron chi connectivity index (χ3n) is 7.59. The summed E-state index contributed by atoms with van der Waals surface area (Å²) >= 11 is 0. The van der Waals surface area contributed by atoms with Crippen LogP contribution in [0.1, 0.15) is 76.2 Å². The summed E-state index contributed by atoms with van der Waals surface area (Å²) in [5, 5.41) is 22.0. The second-order valence-electron chi connectivity index (χ2n) is 12.4. The third-order valence-corrected chi connectivity index (χ3v) is 7.59. The Bertz CT molecular complexity index is 1320. The molecule has 2 rings (SSSR count). The highest BCUT2D eigenvalue weighted by atomic mass is 16.2. The van der Waals surface area contributed by atoms with E-state index in [1.165, 1.54) is 10.9 Å². The molecule has 0 saturated carbocycles. The molecule has 1 fully saturated rings. The number of nitrogens with zero attached hydrogens (tertiary/aromatic N) is 5. The van der Waals surface area contributed by atoms with Crippen LogP contribution in [0.15, 0.2) is 16.2 Å². The number of hydrogen-bond acceptors (Lipinski definition) is 10. The average molecular weight is 692 g/mol. The van der Waals surface area contributed by atoms with E-state index in [9.17, 15) is 24.0 Å². The number of carbonyl (C=O) groups is 5. The van der Waals surface area contributed by atoms with Crippen LogP contribution in [-0.2, 0) is 25.7 Å². The van der Waals surface area contributed by atoms with Crippen LogP contribution >= 0.6 is 0 Å². The monoisotopic (exact) mass is 691 g/mol. The van der Waals surface area contributed by atoms with Crippen molar-refractivity contribution in [3.63, 3.8) is 0 Å².